The van der Waals surface area contributed by atoms with Crippen LogP contribution in [0, 0.1) is 0 Å². The Morgan fingerprint density at radius 3 is 2.68 bits per heavy atom. The van der Waals surface area contributed by atoms with Gasteiger partial charge in [-0.3, -0.25) is 4.90 Å². The van der Waals surface area contributed by atoms with E-state index in [0.717, 1.165) is 0 Å². The molecule has 22 heavy (non-hydrogen) atoms. The summed E-state index contributed by atoms with van der Waals surface area (Å²) in [5, 5.41) is 30.2. The molecular formula is C15H20N2O5. The Balaban J connectivity index is 1.82. The molecule has 2 saturated heterocycles. The number of rotatable bonds is 2. The standard InChI is InChI=1S/C15H20N2O5/c16-9-4-2-1-3-8(9)15(21)22-14-12-10(18)5-6-17(12)7-11(19)13(14)20/h1-4,10-14,18-20H,5-7,16H2/t10-,11-,12+,13+,14+/m0/s1. The van der Waals surface area contributed by atoms with Crippen molar-refractivity contribution >= 4 is 11.7 Å². The second-order valence-corrected chi connectivity index (χ2v) is 5.86. The number of carbonyl (C=O) groups excluding carboxylic acids is 1. The van der Waals surface area contributed by atoms with Gasteiger partial charge in [-0.05, 0) is 18.6 Å². The minimum atomic E-state index is -1.23. The van der Waals surface area contributed by atoms with E-state index in [0.29, 0.717) is 13.0 Å². The third-order valence-corrected chi connectivity index (χ3v) is 4.44. The smallest absolute Gasteiger partial charge is 0.340 e. The van der Waals surface area contributed by atoms with E-state index in [4.69, 9.17) is 10.5 Å². The lowest BCUT2D eigenvalue weighted by Gasteiger charge is -2.42. The lowest BCUT2D eigenvalue weighted by atomic mass is 9.92. The molecule has 2 aliphatic rings. The molecule has 0 radical (unpaired) electrons. The van der Waals surface area contributed by atoms with Crippen LogP contribution < -0.4 is 5.73 Å². The molecule has 0 saturated carbocycles. The number of piperidine rings is 1. The average Bonchev–Trinajstić information content (AvgIpc) is 2.85. The van der Waals surface area contributed by atoms with Gasteiger partial charge in [-0.1, -0.05) is 12.1 Å². The molecule has 2 heterocycles. The number of benzene rings is 1. The van der Waals surface area contributed by atoms with E-state index >= 15 is 0 Å². The number of fused-ring (bicyclic) bond motifs is 1. The number of carbonyl (C=O) groups is 1. The molecule has 5 N–H and O–H groups in total. The topological polar surface area (TPSA) is 116 Å². The minimum Gasteiger partial charge on any atom is -0.454 e. The summed E-state index contributed by atoms with van der Waals surface area (Å²) in [5.41, 5.74) is 6.23. The second kappa shape index (κ2) is 5.85. The number of nitrogen functional groups attached to an aromatic ring is 1. The van der Waals surface area contributed by atoms with Crippen molar-refractivity contribution in [3.8, 4) is 0 Å². The van der Waals surface area contributed by atoms with Gasteiger partial charge in [-0.2, -0.15) is 0 Å². The first-order valence-corrected chi connectivity index (χ1v) is 7.33. The van der Waals surface area contributed by atoms with Gasteiger partial charge in [0.05, 0.1) is 23.8 Å². The maximum atomic E-state index is 12.3. The summed E-state index contributed by atoms with van der Waals surface area (Å²) in [5.74, 6) is -0.671. The van der Waals surface area contributed by atoms with Crippen molar-refractivity contribution in [3.63, 3.8) is 0 Å². The van der Waals surface area contributed by atoms with Crippen LogP contribution in [0.15, 0.2) is 24.3 Å². The Kier molecular flexibility index (Phi) is 4.05. The molecule has 7 heteroatoms. The number of nitrogens with two attached hydrogens (primary N) is 1. The van der Waals surface area contributed by atoms with E-state index in [1.54, 1.807) is 18.2 Å². The highest BCUT2D eigenvalue weighted by Gasteiger charge is 2.50. The number of hydrogen-bond acceptors (Lipinski definition) is 7. The molecule has 0 amide bonds. The van der Waals surface area contributed by atoms with E-state index in [9.17, 15) is 20.1 Å². The van der Waals surface area contributed by atoms with Crippen LogP contribution in [0.5, 0.6) is 0 Å². The van der Waals surface area contributed by atoms with Crippen LogP contribution in [-0.2, 0) is 4.74 Å². The molecule has 120 valence electrons. The highest BCUT2D eigenvalue weighted by molar-refractivity contribution is 5.95. The fourth-order valence-corrected chi connectivity index (χ4v) is 3.28. The minimum absolute atomic E-state index is 0.203. The summed E-state index contributed by atoms with van der Waals surface area (Å²) < 4.78 is 5.39. The van der Waals surface area contributed by atoms with E-state index < -0.39 is 36.4 Å². The van der Waals surface area contributed by atoms with Gasteiger partial charge in [0.2, 0.25) is 0 Å². The largest absolute Gasteiger partial charge is 0.454 e. The summed E-state index contributed by atoms with van der Waals surface area (Å²) in [4.78, 5) is 14.1. The van der Waals surface area contributed by atoms with Crippen molar-refractivity contribution < 1.29 is 24.9 Å². The predicted octanol–water partition coefficient (Wildman–Crippen LogP) is -1.04. The number of esters is 1. The monoisotopic (exact) mass is 308 g/mol. The van der Waals surface area contributed by atoms with Gasteiger partial charge in [-0.15, -0.1) is 0 Å². The quantitative estimate of drug-likeness (QED) is 0.407. The number of aliphatic hydroxyl groups excluding tert-OH is 3. The summed E-state index contributed by atoms with van der Waals surface area (Å²) in [6.07, 6.45) is -3.43. The molecular weight excluding hydrogens is 288 g/mol. The Labute approximate surface area is 127 Å². The molecule has 0 aliphatic carbocycles. The van der Waals surface area contributed by atoms with Crippen LogP contribution in [0.4, 0.5) is 5.69 Å². The third-order valence-electron chi connectivity index (χ3n) is 4.44. The van der Waals surface area contributed by atoms with Crippen LogP contribution in [-0.4, -0.2) is 69.7 Å². The van der Waals surface area contributed by atoms with Crippen LogP contribution in [0.1, 0.15) is 16.8 Å². The molecule has 3 rings (SSSR count). The van der Waals surface area contributed by atoms with Gasteiger partial charge >= 0.3 is 5.97 Å². The third kappa shape index (κ3) is 2.56. The normalized spacial score (nSPS) is 35.1. The van der Waals surface area contributed by atoms with Gasteiger partial charge in [0.1, 0.15) is 12.2 Å². The number of para-hydroxylation sites is 1. The first kappa shape index (κ1) is 15.2. The predicted molar refractivity (Wildman–Crippen MR) is 78.1 cm³/mol. The number of hydrogen-bond donors (Lipinski definition) is 4. The zero-order valence-electron chi connectivity index (χ0n) is 12.0. The summed E-state index contributed by atoms with van der Waals surface area (Å²) in [6, 6.07) is 5.97. The lowest BCUT2D eigenvalue weighted by Crippen LogP contribution is -2.62. The Hall–Kier alpha value is -1.67. The number of nitrogens with zero attached hydrogens (tertiary/aromatic N) is 1. The van der Waals surface area contributed by atoms with Crippen molar-refractivity contribution in [3.05, 3.63) is 29.8 Å². The zero-order valence-corrected chi connectivity index (χ0v) is 12.0. The summed E-state index contributed by atoms with van der Waals surface area (Å²) in [6.45, 7) is 0.849. The molecule has 7 nitrogen and oxygen atoms in total. The molecule has 1 aromatic carbocycles. The maximum absolute atomic E-state index is 12.3. The van der Waals surface area contributed by atoms with Crippen molar-refractivity contribution in [2.45, 2.75) is 36.9 Å². The Morgan fingerprint density at radius 2 is 1.95 bits per heavy atom. The number of ether oxygens (including phenoxy) is 1. The number of anilines is 1. The molecule has 0 aromatic heterocycles. The molecule has 1 aromatic rings. The van der Waals surface area contributed by atoms with Gasteiger partial charge in [0, 0.05) is 18.8 Å². The van der Waals surface area contributed by atoms with Gasteiger partial charge in [0.15, 0.2) is 0 Å². The fourth-order valence-electron chi connectivity index (χ4n) is 3.28. The maximum Gasteiger partial charge on any atom is 0.340 e. The second-order valence-electron chi connectivity index (χ2n) is 5.86. The fraction of sp³-hybridized carbons (Fsp3) is 0.533. The van der Waals surface area contributed by atoms with Crippen LogP contribution >= 0.6 is 0 Å². The van der Waals surface area contributed by atoms with Gasteiger partial charge in [-0.25, -0.2) is 4.79 Å². The SMILES string of the molecule is Nc1ccccc1C(=O)O[C@H]1[C@H](O)[C@@H](O)CN2CC[C@H](O)[C@H]12. The van der Waals surface area contributed by atoms with E-state index in [1.165, 1.54) is 6.07 Å². The molecule has 2 aliphatic heterocycles. The van der Waals surface area contributed by atoms with Crippen molar-refractivity contribution in [2.75, 3.05) is 18.8 Å². The van der Waals surface area contributed by atoms with E-state index in [2.05, 4.69) is 0 Å². The van der Waals surface area contributed by atoms with Crippen molar-refractivity contribution in [2.24, 2.45) is 0 Å². The van der Waals surface area contributed by atoms with Gasteiger partial charge < -0.3 is 25.8 Å². The summed E-state index contributed by atoms with van der Waals surface area (Å²) >= 11 is 0. The Morgan fingerprint density at radius 1 is 1.23 bits per heavy atom. The summed E-state index contributed by atoms with van der Waals surface area (Å²) in [7, 11) is 0. The lowest BCUT2D eigenvalue weighted by molar-refractivity contribution is -0.144. The van der Waals surface area contributed by atoms with Crippen molar-refractivity contribution in [1.82, 2.24) is 4.90 Å². The van der Waals surface area contributed by atoms with Crippen molar-refractivity contribution in [1.29, 1.82) is 0 Å². The van der Waals surface area contributed by atoms with Crippen LogP contribution in [0.3, 0.4) is 0 Å². The molecule has 2 fully saturated rings. The van der Waals surface area contributed by atoms with Gasteiger partial charge in [0.25, 0.3) is 0 Å². The first-order chi connectivity index (χ1) is 10.5. The Bertz CT molecular complexity index is 567. The highest BCUT2D eigenvalue weighted by Crippen LogP contribution is 2.31. The average molecular weight is 308 g/mol. The highest BCUT2D eigenvalue weighted by atomic mass is 16.6. The van der Waals surface area contributed by atoms with Crippen LogP contribution in [0.2, 0.25) is 0 Å². The molecule has 0 unspecified atom stereocenters. The molecule has 5 atom stereocenters. The molecule has 0 spiro atoms. The van der Waals surface area contributed by atoms with E-state index in [1.807, 2.05) is 4.90 Å². The first-order valence-electron chi connectivity index (χ1n) is 7.33. The molecule has 0 bridgehead atoms. The zero-order chi connectivity index (χ0) is 15.9. The number of aliphatic hydroxyl groups is 3. The van der Waals surface area contributed by atoms with Crippen LogP contribution in [0.25, 0.3) is 0 Å². The van der Waals surface area contributed by atoms with E-state index in [-0.39, 0.29) is 17.8 Å².